The van der Waals surface area contributed by atoms with E-state index in [1.54, 1.807) is 60.7 Å². The van der Waals surface area contributed by atoms with E-state index in [0.29, 0.717) is 22.4 Å². The maximum absolute atomic E-state index is 12.3. The highest BCUT2D eigenvalue weighted by Crippen LogP contribution is 2.18. The molecule has 146 valence electrons. The summed E-state index contributed by atoms with van der Waals surface area (Å²) in [5.41, 5.74) is 2.31. The first kappa shape index (κ1) is 20.0. The molecule has 0 saturated heterocycles. The van der Waals surface area contributed by atoms with E-state index >= 15 is 0 Å². The predicted molar refractivity (Wildman–Crippen MR) is 112 cm³/mol. The van der Waals surface area contributed by atoms with Gasteiger partial charge >= 0.3 is 5.97 Å². The zero-order valence-electron chi connectivity index (χ0n) is 16.3. The molecule has 0 N–H and O–H groups in total. The Balaban J connectivity index is 1.61. The van der Waals surface area contributed by atoms with E-state index < -0.39 is 5.97 Å². The van der Waals surface area contributed by atoms with Crippen LogP contribution >= 0.6 is 0 Å². The van der Waals surface area contributed by atoms with E-state index in [9.17, 15) is 14.4 Å². The van der Waals surface area contributed by atoms with Crippen LogP contribution in [0.4, 0.5) is 5.69 Å². The van der Waals surface area contributed by atoms with Crippen molar-refractivity contribution in [3.8, 4) is 5.75 Å². The molecule has 0 aliphatic carbocycles. The molecule has 0 aromatic heterocycles. The summed E-state index contributed by atoms with van der Waals surface area (Å²) >= 11 is 0. The van der Waals surface area contributed by atoms with Gasteiger partial charge in [0.2, 0.25) is 0 Å². The monoisotopic (exact) mass is 387 g/mol. The molecule has 5 nitrogen and oxygen atoms in total. The number of ether oxygens (including phenoxy) is 1. The van der Waals surface area contributed by atoms with E-state index in [2.05, 4.69) is 0 Å². The zero-order valence-corrected chi connectivity index (χ0v) is 16.3. The number of esters is 1. The van der Waals surface area contributed by atoms with Crippen LogP contribution in [0, 0.1) is 0 Å². The van der Waals surface area contributed by atoms with E-state index in [1.165, 1.54) is 0 Å². The topological polar surface area (TPSA) is 63.7 Å². The van der Waals surface area contributed by atoms with Crippen LogP contribution in [0.3, 0.4) is 0 Å². The minimum atomic E-state index is -0.478. The molecular formula is C24H21NO4. The molecule has 0 atom stereocenters. The summed E-state index contributed by atoms with van der Waals surface area (Å²) in [6.45, 7) is 0. The van der Waals surface area contributed by atoms with Crippen LogP contribution in [0.2, 0.25) is 0 Å². The minimum Gasteiger partial charge on any atom is -0.423 e. The lowest BCUT2D eigenvalue weighted by Crippen LogP contribution is -2.11. The Morgan fingerprint density at radius 2 is 1.21 bits per heavy atom. The molecule has 3 aromatic carbocycles. The fourth-order valence-corrected chi connectivity index (χ4v) is 2.74. The van der Waals surface area contributed by atoms with Crippen molar-refractivity contribution in [3.05, 3.63) is 95.6 Å². The van der Waals surface area contributed by atoms with Gasteiger partial charge in [0.05, 0.1) is 12.0 Å². The molecule has 3 rings (SSSR count). The number of Topliss-reactive ketones (excluding diaryl/α,β-unsaturated/α-hetero) is 2. The van der Waals surface area contributed by atoms with Crippen molar-refractivity contribution in [2.75, 3.05) is 19.0 Å². The standard InChI is InChI=1S/C24H21NO4/c1-25(2)20-12-8-19(9-13-20)24(28)29-21-14-10-18(11-15-21)23(27)16-22(26)17-6-4-3-5-7-17/h3-15H,16H2,1-2H3. The fraction of sp³-hybridized carbons (Fsp3) is 0.125. The predicted octanol–water partition coefficient (Wildman–Crippen LogP) is 4.43. The Hall–Kier alpha value is -3.73. The Morgan fingerprint density at radius 3 is 1.76 bits per heavy atom. The smallest absolute Gasteiger partial charge is 0.343 e. The minimum absolute atomic E-state index is 0.207. The lowest BCUT2D eigenvalue weighted by molar-refractivity contribution is 0.0734. The van der Waals surface area contributed by atoms with Gasteiger partial charge in [0.25, 0.3) is 0 Å². The van der Waals surface area contributed by atoms with Crippen molar-refractivity contribution in [1.82, 2.24) is 0 Å². The molecule has 0 fully saturated rings. The van der Waals surface area contributed by atoms with Gasteiger partial charge in [-0.25, -0.2) is 4.79 Å². The van der Waals surface area contributed by atoms with E-state index in [4.69, 9.17) is 4.74 Å². The Morgan fingerprint density at radius 1 is 0.690 bits per heavy atom. The molecule has 0 amide bonds. The average molecular weight is 387 g/mol. The Labute approximate surface area is 169 Å². The molecule has 0 unspecified atom stereocenters. The molecule has 5 heteroatoms. The molecule has 0 bridgehead atoms. The second-order valence-corrected chi connectivity index (χ2v) is 6.74. The van der Waals surface area contributed by atoms with Crippen LogP contribution in [0.1, 0.15) is 37.5 Å². The lowest BCUT2D eigenvalue weighted by atomic mass is 10.0. The van der Waals surface area contributed by atoms with Gasteiger partial charge in [-0.3, -0.25) is 9.59 Å². The molecule has 29 heavy (non-hydrogen) atoms. The maximum Gasteiger partial charge on any atom is 0.343 e. The van der Waals surface area contributed by atoms with Crippen LogP contribution < -0.4 is 9.64 Å². The van der Waals surface area contributed by atoms with Gasteiger partial charge in [-0.15, -0.1) is 0 Å². The molecule has 3 aromatic rings. The van der Waals surface area contributed by atoms with Crippen molar-refractivity contribution in [3.63, 3.8) is 0 Å². The van der Waals surface area contributed by atoms with Gasteiger partial charge in [0, 0.05) is 30.9 Å². The highest BCUT2D eigenvalue weighted by atomic mass is 16.5. The molecule has 0 saturated carbocycles. The number of benzene rings is 3. The third-order valence-corrected chi connectivity index (χ3v) is 4.42. The first-order valence-electron chi connectivity index (χ1n) is 9.15. The average Bonchev–Trinajstić information content (AvgIpc) is 2.74. The van der Waals surface area contributed by atoms with Crippen molar-refractivity contribution in [2.24, 2.45) is 0 Å². The van der Waals surface area contributed by atoms with Gasteiger partial charge in [-0.1, -0.05) is 30.3 Å². The molecule has 0 aliphatic rings. The summed E-state index contributed by atoms with van der Waals surface area (Å²) in [6.07, 6.45) is -0.207. The van der Waals surface area contributed by atoms with Crippen molar-refractivity contribution in [1.29, 1.82) is 0 Å². The first-order valence-corrected chi connectivity index (χ1v) is 9.15. The molecule has 0 heterocycles. The number of hydrogen-bond donors (Lipinski definition) is 0. The summed E-state index contributed by atoms with van der Waals surface area (Å²) in [7, 11) is 3.84. The van der Waals surface area contributed by atoms with E-state index in [1.807, 2.05) is 37.2 Å². The summed E-state index contributed by atoms with van der Waals surface area (Å²) in [6, 6.07) is 22.0. The van der Waals surface area contributed by atoms with Gasteiger partial charge in [0.15, 0.2) is 11.6 Å². The van der Waals surface area contributed by atoms with Crippen LogP contribution in [0.25, 0.3) is 0 Å². The summed E-state index contributed by atoms with van der Waals surface area (Å²) in [4.78, 5) is 38.7. The molecule has 0 aliphatic heterocycles. The summed E-state index contributed by atoms with van der Waals surface area (Å²) in [5.74, 6) is -0.658. The van der Waals surface area contributed by atoms with E-state index in [-0.39, 0.29) is 18.0 Å². The summed E-state index contributed by atoms with van der Waals surface area (Å²) in [5, 5.41) is 0. The lowest BCUT2D eigenvalue weighted by Gasteiger charge is -2.12. The number of anilines is 1. The second-order valence-electron chi connectivity index (χ2n) is 6.74. The number of nitrogens with zero attached hydrogens (tertiary/aromatic N) is 1. The van der Waals surface area contributed by atoms with Gasteiger partial charge in [-0.2, -0.15) is 0 Å². The summed E-state index contributed by atoms with van der Waals surface area (Å²) < 4.78 is 5.36. The van der Waals surface area contributed by atoms with Crippen LogP contribution in [-0.4, -0.2) is 31.6 Å². The third kappa shape index (κ3) is 5.17. The van der Waals surface area contributed by atoms with Crippen LogP contribution in [-0.2, 0) is 0 Å². The molecule has 0 spiro atoms. The number of rotatable bonds is 7. The van der Waals surface area contributed by atoms with E-state index in [0.717, 1.165) is 5.69 Å². The second kappa shape index (κ2) is 8.97. The zero-order chi connectivity index (χ0) is 20.8. The number of carbonyl (C=O) groups excluding carboxylic acids is 3. The number of carbonyl (C=O) groups is 3. The fourth-order valence-electron chi connectivity index (χ4n) is 2.74. The SMILES string of the molecule is CN(C)c1ccc(C(=O)Oc2ccc(C(=O)CC(=O)c3ccccc3)cc2)cc1. The largest absolute Gasteiger partial charge is 0.423 e. The normalized spacial score (nSPS) is 10.3. The van der Waals surface area contributed by atoms with Gasteiger partial charge in [0.1, 0.15) is 5.75 Å². The number of ketones is 2. The first-order chi connectivity index (χ1) is 13.9. The van der Waals surface area contributed by atoms with Crippen molar-refractivity contribution < 1.29 is 19.1 Å². The maximum atomic E-state index is 12.3. The Bertz CT molecular complexity index is 1010. The van der Waals surface area contributed by atoms with Crippen molar-refractivity contribution >= 4 is 23.2 Å². The van der Waals surface area contributed by atoms with Crippen molar-refractivity contribution in [2.45, 2.75) is 6.42 Å². The molecule has 0 radical (unpaired) electrons. The van der Waals surface area contributed by atoms with Crippen LogP contribution in [0.15, 0.2) is 78.9 Å². The van der Waals surface area contributed by atoms with Gasteiger partial charge < -0.3 is 9.64 Å². The quantitative estimate of drug-likeness (QED) is 0.260. The molecular weight excluding hydrogens is 366 g/mol. The number of hydrogen-bond acceptors (Lipinski definition) is 5. The Kier molecular flexibility index (Phi) is 6.19. The highest BCUT2D eigenvalue weighted by Gasteiger charge is 2.14. The van der Waals surface area contributed by atoms with Gasteiger partial charge in [-0.05, 0) is 48.5 Å². The third-order valence-electron chi connectivity index (χ3n) is 4.42. The highest BCUT2D eigenvalue weighted by molar-refractivity contribution is 6.13. The van der Waals surface area contributed by atoms with Crippen LogP contribution in [0.5, 0.6) is 5.75 Å².